The average molecular weight is 692 g/mol. The third-order valence-electron chi connectivity index (χ3n) is 8.13. The number of carbonyl (C=O) groups is 2. The van der Waals surface area contributed by atoms with Gasteiger partial charge < -0.3 is 29.5 Å². The molecule has 1 amide bonds. The molecule has 0 bridgehead atoms. The highest BCUT2D eigenvalue weighted by molar-refractivity contribution is 8.23. The Bertz CT molecular complexity index is 1860. The van der Waals surface area contributed by atoms with Crippen LogP contribution in [0.25, 0.3) is 10.9 Å². The van der Waals surface area contributed by atoms with Gasteiger partial charge in [-0.1, -0.05) is 42.2 Å². The molecule has 1 aliphatic carbocycles. The first-order valence-electron chi connectivity index (χ1n) is 14.4. The summed E-state index contributed by atoms with van der Waals surface area (Å²) in [7, 11) is -4.55. The Morgan fingerprint density at radius 2 is 1.80 bits per heavy atom. The number of piperazine rings is 1. The number of carboxylic acids is 1. The second kappa shape index (κ2) is 12.8. The molecule has 13 nitrogen and oxygen atoms in total. The van der Waals surface area contributed by atoms with Crippen LogP contribution in [0, 0.1) is 5.82 Å². The minimum Gasteiger partial charge on any atom is -0.484 e. The highest BCUT2D eigenvalue weighted by Gasteiger charge is 2.48. The van der Waals surface area contributed by atoms with Crippen LogP contribution in [0.4, 0.5) is 10.1 Å². The molecule has 2 aliphatic heterocycles. The fourth-order valence-corrected chi connectivity index (χ4v) is 8.32. The van der Waals surface area contributed by atoms with Crippen LogP contribution < -0.4 is 20.4 Å². The van der Waals surface area contributed by atoms with Crippen molar-refractivity contribution in [2.45, 2.75) is 30.3 Å². The molecule has 3 aromatic rings. The monoisotopic (exact) mass is 691 g/mol. The summed E-state index contributed by atoms with van der Waals surface area (Å²) in [5, 5.41) is 11.4. The van der Waals surface area contributed by atoms with Crippen molar-refractivity contribution >= 4 is 67.1 Å². The number of fused-ring (bicyclic) bond motifs is 1. The summed E-state index contributed by atoms with van der Waals surface area (Å²) >= 11 is 6.64. The summed E-state index contributed by atoms with van der Waals surface area (Å²) in [5.74, 6) is -1.96. The van der Waals surface area contributed by atoms with Gasteiger partial charge >= 0.3 is 16.3 Å². The van der Waals surface area contributed by atoms with Crippen molar-refractivity contribution in [1.82, 2.24) is 19.1 Å². The van der Waals surface area contributed by atoms with Gasteiger partial charge in [0.1, 0.15) is 26.8 Å². The number of carbonyl (C=O) groups excluding carboxylic acids is 1. The van der Waals surface area contributed by atoms with Crippen molar-refractivity contribution in [3.8, 4) is 5.75 Å². The smallest absolute Gasteiger partial charge is 0.341 e. The van der Waals surface area contributed by atoms with E-state index in [4.69, 9.17) is 17.0 Å². The lowest BCUT2D eigenvalue weighted by Crippen LogP contribution is -2.67. The first-order valence-corrected chi connectivity index (χ1v) is 17.1. The van der Waals surface area contributed by atoms with E-state index in [0.29, 0.717) is 41.8 Å². The van der Waals surface area contributed by atoms with Crippen molar-refractivity contribution in [3.05, 3.63) is 70.3 Å². The van der Waals surface area contributed by atoms with Gasteiger partial charge in [-0.2, -0.15) is 12.7 Å². The van der Waals surface area contributed by atoms with Gasteiger partial charge in [-0.15, -0.1) is 0 Å². The predicted molar refractivity (Wildman–Crippen MR) is 173 cm³/mol. The zero-order valence-corrected chi connectivity index (χ0v) is 26.7. The van der Waals surface area contributed by atoms with Gasteiger partial charge in [0.15, 0.2) is 6.61 Å². The topological polar surface area (TPSA) is 162 Å². The van der Waals surface area contributed by atoms with Gasteiger partial charge in [-0.25, -0.2) is 9.18 Å². The molecule has 17 heteroatoms. The minimum atomic E-state index is -4.55. The molecule has 1 aromatic heterocycles. The number of amides is 1. The molecule has 3 N–H and O–H groups in total. The van der Waals surface area contributed by atoms with Crippen molar-refractivity contribution in [1.29, 1.82) is 0 Å². The Hall–Kier alpha value is -3.77. The molecule has 0 radical (unpaired) electrons. The lowest BCUT2D eigenvalue weighted by Gasteiger charge is -2.46. The Balaban J connectivity index is 1.11. The maximum Gasteiger partial charge on any atom is 0.341 e. The number of benzene rings is 2. The fourth-order valence-electron chi connectivity index (χ4n) is 5.56. The fraction of sp³-hybridized carbons (Fsp3) is 0.379. The third-order valence-corrected chi connectivity index (χ3v) is 11.1. The number of nitrogens with one attached hydrogen (secondary N) is 1. The SMILES string of the molecule is O=C(COc1ccccc1)N[C@@H]1CN(S(=O)(=O)O)[C@H]1SC(=S)N1CCN(c2cc3c(cc2F)c(=O)c(C(=O)O)cn3C2CC2)CC1. The summed E-state index contributed by atoms with van der Waals surface area (Å²) in [6.45, 7) is 1.04. The molecule has 3 fully saturated rings. The van der Waals surface area contributed by atoms with Gasteiger partial charge in [0.05, 0.1) is 17.2 Å². The number of nitrogens with zero attached hydrogens (tertiary/aromatic N) is 4. The van der Waals surface area contributed by atoms with E-state index in [-0.39, 0.29) is 30.3 Å². The zero-order valence-electron chi connectivity index (χ0n) is 24.2. The molecule has 2 saturated heterocycles. The molecule has 3 heterocycles. The van der Waals surface area contributed by atoms with Crippen LogP contribution in [0.15, 0.2) is 53.5 Å². The number of aromatic nitrogens is 1. The van der Waals surface area contributed by atoms with E-state index < -0.39 is 50.4 Å². The van der Waals surface area contributed by atoms with E-state index in [2.05, 4.69) is 5.32 Å². The Labute approximate surface area is 272 Å². The molecule has 2 aromatic carbocycles. The first kappa shape index (κ1) is 32.2. The summed E-state index contributed by atoms with van der Waals surface area (Å²) in [4.78, 5) is 40.6. The van der Waals surface area contributed by atoms with Crippen LogP contribution in [0.5, 0.6) is 5.75 Å². The molecular weight excluding hydrogens is 662 g/mol. The molecule has 244 valence electrons. The molecule has 3 aliphatic rings. The third kappa shape index (κ3) is 6.69. The van der Waals surface area contributed by atoms with E-state index in [9.17, 15) is 32.5 Å². The molecule has 46 heavy (non-hydrogen) atoms. The Morgan fingerprint density at radius 1 is 1.11 bits per heavy atom. The Kier molecular flexibility index (Phi) is 8.95. The quantitative estimate of drug-likeness (QED) is 0.222. The van der Waals surface area contributed by atoms with E-state index in [1.165, 1.54) is 6.20 Å². The number of pyridine rings is 1. The van der Waals surface area contributed by atoms with Crippen molar-refractivity contribution in [2.75, 3.05) is 44.2 Å². The summed E-state index contributed by atoms with van der Waals surface area (Å²) in [5.41, 5.74) is -0.377. The van der Waals surface area contributed by atoms with E-state index in [1.54, 1.807) is 34.9 Å². The lowest BCUT2D eigenvalue weighted by atomic mass is 10.1. The van der Waals surface area contributed by atoms with E-state index in [1.807, 2.05) is 15.9 Å². The number of ether oxygens (including phenoxy) is 1. The predicted octanol–water partition coefficient (Wildman–Crippen LogP) is 2.32. The summed E-state index contributed by atoms with van der Waals surface area (Å²) in [6.07, 6.45) is 3.00. The van der Waals surface area contributed by atoms with Crippen LogP contribution in [0.3, 0.4) is 0 Å². The van der Waals surface area contributed by atoms with Gasteiger partial charge in [-0.05, 0) is 37.1 Å². The van der Waals surface area contributed by atoms with Crippen LogP contribution in [-0.2, 0) is 15.1 Å². The maximum absolute atomic E-state index is 15.4. The Morgan fingerprint density at radius 3 is 2.43 bits per heavy atom. The van der Waals surface area contributed by atoms with Crippen molar-refractivity contribution < 1.29 is 36.8 Å². The number of para-hydroxylation sites is 1. The standard InChI is InChI=1S/C29H30FN5O8S3/c30-21-12-19-23(34(17-6-7-17)14-20(26(19)37)28(38)39)13-24(21)32-8-10-33(11-9-32)29(44)45-27-22(15-35(27)46(40,41)42)31-25(36)16-43-18-4-2-1-3-5-18/h1-5,12-14,17,22,27H,6-11,15-16H2,(H,31,36)(H,38,39)(H,40,41,42)/t22-,27+/m1/s1. The maximum atomic E-state index is 15.4. The van der Waals surface area contributed by atoms with Crippen LogP contribution >= 0.6 is 24.0 Å². The van der Waals surface area contributed by atoms with Crippen LogP contribution in [0.1, 0.15) is 29.2 Å². The highest BCUT2D eigenvalue weighted by atomic mass is 32.2. The number of carboxylic acid groups (broad SMARTS) is 1. The number of halogens is 1. The average Bonchev–Trinajstić information content (AvgIpc) is 3.86. The number of thioether (sulfide) groups is 1. The number of hydrogen-bond donors (Lipinski definition) is 3. The molecule has 6 rings (SSSR count). The van der Waals surface area contributed by atoms with Crippen LogP contribution in [-0.4, -0.2) is 98.8 Å². The first-order chi connectivity index (χ1) is 21.9. The van der Waals surface area contributed by atoms with Crippen LogP contribution in [0.2, 0.25) is 0 Å². The van der Waals surface area contributed by atoms with E-state index >= 15 is 4.39 Å². The largest absolute Gasteiger partial charge is 0.484 e. The molecular formula is C29H30FN5O8S3. The normalized spacial score (nSPS) is 20.3. The number of aromatic carboxylic acids is 1. The molecule has 2 atom stereocenters. The van der Waals surface area contributed by atoms with Crippen molar-refractivity contribution in [3.63, 3.8) is 0 Å². The second-order valence-corrected chi connectivity index (χ2v) is 14.3. The number of hydrogen-bond acceptors (Lipinski definition) is 9. The number of anilines is 1. The molecule has 1 saturated carbocycles. The number of rotatable bonds is 9. The van der Waals surface area contributed by atoms with Crippen molar-refractivity contribution in [2.24, 2.45) is 0 Å². The van der Waals surface area contributed by atoms with Gasteiger partial charge in [-0.3, -0.25) is 14.1 Å². The second-order valence-electron chi connectivity index (χ2n) is 11.2. The molecule has 0 unspecified atom stereocenters. The minimum absolute atomic E-state index is 0.0152. The summed E-state index contributed by atoms with van der Waals surface area (Å²) in [6, 6.07) is 10.8. The lowest BCUT2D eigenvalue weighted by molar-refractivity contribution is -0.124. The van der Waals surface area contributed by atoms with E-state index in [0.717, 1.165) is 35.0 Å². The molecule has 0 spiro atoms. The number of thiocarbonyl (C=S) groups is 1. The van der Waals surface area contributed by atoms with Gasteiger partial charge in [0.2, 0.25) is 5.43 Å². The zero-order chi connectivity index (χ0) is 32.7. The highest BCUT2D eigenvalue weighted by Crippen LogP contribution is 2.38. The van der Waals surface area contributed by atoms with Gasteiger partial charge in [0, 0.05) is 50.3 Å². The van der Waals surface area contributed by atoms with Gasteiger partial charge in [0.25, 0.3) is 5.91 Å². The summed E-state index contributed by atoms with van der Waals surface area (Å²) < 4.78 is 57.4.